The third kappa shape index (κ3) is 2.26. The van der Waals surface area contributed by atoms with Crippen LogP contribution in [0.2, 0.25) is 5.02 Å². The van der Waals surface area contributed by atoms with Crippen LogP contribution in [0, 0.1) is 0 Å². The molecule has 0 atom stereocenters. The molecule has 0 saturated carbocycles. The van der Waals surface area contributed by atoms with Crippen molar-refractivity contribution in [2.24, 2.45) is 0 Å². The van der Waals surface area contributed by atoms with E-state index in [2.05, 4.69) is 0 Å². The van der Waals surface area contributed by atoms with Gasteiger partial charge in [-0.2, -0.15) is 0 Å². The normalized spacial score (nSPS) is 16.0. The number of hydrogen-bond acceptors (Lipinski definition) is 4. The van der Waals surface area contributed by atoms with Gasteiger partial charge in [-0.05, 0) is 35.9 Å². The van der Waals surface area contributed by atoms with Gasteiger partial charge >= 0.3 is 0 Å². The van der Waals surface area contributed by atoms with Crippen molar-refractivity contribution in [3.63, 3.8) is 0 Å². The number of anilines is 1. The minimum Gasteiger partial charge on any atom is -0.399 e. The number of carbonyl (C=O) groups is 1. The Balaban J connectivity index is 2.02. The third-order valence-electron chi connectivity index (χ3n) is 3.27. The average Bonchev–Trinajstić information content (AvgIpc) is 2.62. The van der Waals surface area contributed by atoms with Gasteiger partial charge < -0.3 is 5.73 Å². The summed E-state index contributed by atoms with van der Waals surface area (Å²) in [5, 5.41) is 0.547. The summed E-state index contributed by atoms with van der Waals surface area (Å²) >= 11 is 5.79. The van der Waals surface area contributed by atoms with Crippen molar-refractivity contribution in [2.45, 2.75) is 11.4 Å². The van der Waals surface area contributed by atoms with E-state index in [1.807, 2.05) is 0 Å². The Bertz CT molecular complexity index is 832. The summed E-state index contributed by atoms with van der Waals surface area (Å²) in [4.78, 5) is 12.3. The first kappa shape index (κ1) is 13.9. The van der Waals surface area contributed by atoms with Crippen LogP contribution < -0.4 is 5.73 Å². The molecule has 0 bridgehead atoms. The van der Waals surface area contributed by atoms with Gasteiger partial charge in [0.15, 0.2) is 0 Å². The fourth-order valence-electron chi connectivity index (χ4n) is 2.21. The molecule has 1 amide bonds. The van der Waals surface area contributed by atoms with Gasteiger partial charge in [0, 0.05) is 10.7 Å². The number of halogens is 1. The SMILES string of the molecule is Nc1ccc2c(c1)C(=O)N(Cc1ccc(Cl)cc1)S2(=O)=O. The molecule has 0 aromatic heterocycles. The van der Waals surface area contributed by atoms with E-state index >= 15 is 0 Å². The van der Waals surface area contributed by atoms with Crippen molar-refractivity contribution in [1.29, 1.82) is 0 Å². The largest absolute Gasteiger partial charge is 0.399 e. The molecule has 0 fully saturated rings. The molecule has 1 heterocycles. The Morgan fingerprint density at radius 1 is 1.10 bits per heavy atom. The van der Waals surface area contributed by atoms with Crippen molar-refractivity contribution in [1.82, 2.24) is 4.31 Å². The number of nitrogens with two attached hydrogens (primary N) is 1. The summed E-state index contributed by atoms with van der Waals surface area (Å²) in [6, 6.07) is 10.9. The molecule has 3 rings (SSSR count). The first-order chi connectivity index (χ1) is 9.89. The summed E-state index contributed by atoms with van der Waals surface area (Å²) < 4.78 is 25.7. The molecular weight excluding hydrogens is 312 g/mol. The second-order valence-corrected chi connectivity index (χ2v) is 6.97. The zero-order chi connectivity index (χ0) is 15.2. The van der Waals surface area contributed by atoms with Crippen LogP contribution in [-0.4, -0.2) is 18.6 Å². The Kier molecular flexibility index (Phi) is 3.15. The Hall–Kier alpha value is -2.05. The fraction of sp³-hybridized carbons (Fsp3) is 0.0714. The maximum atomic E-state index is 12.4. The zero-order valence-electron chi connectivity index (χ0n) is 10.8. The highest BCUT2D eigenvalue weighted by atomic mass is 35.5. The van der Waals surface area contributed by atoms with Crippen LogP contribution in [0.5, 0.6) is 0 Å². The molecule has 108 valence electrons. The van der Waals surface area contributed by atoms with E-state index in [1.165, 1.54) is 18.2 Å². The smallest absolute Gasteiger partial charge is 0.269 e. The van der Waals surface area contributed by atoms with Crippen molar-refractivity contribution in [2.75, 3.05) is 5.73 Å². The molecule has 1 aliphatic rings. The summed E-state index contributed by atoms with van der Waals surface area (Å²) in [5.74, 6) is -0.563. The highest BCUT2D eigenvalue weighted by Crippen LogP contribution is 2.32. The van der Waals surface area contributed by atoms with E-state index in [0.717, 1.165) is 4.31 Å². The monoisotopic (exact) mass is 322 g/mol. The first-order valence-corrected chi connectivity index (χ1v) is 7.92. The Labute approximate surface area is 127 Å². The number of amides is 1. The average molecular weight is 323 g/mol. The van der Waals surface area contributed by atoms with E-state index in [1.54, 1.807) is 24.3 Å². The molecule has 2 N–H and O–H groups in total. The van der Waals surface area contributed by atoms with E-state index in [0.29, 0.717) is 16.3 Å². The maximum absolute atomic E-state index is 12.4. The van der Waals surface area contributed by atoms with Gasteiger partial charge in [0.25, 0.3) is 15.9 Å². The van der Waals surface area contributed by atoms with Crippen molar-refractivity contribution >= 4 is 33.2 Å². The molecule has 2 aromatic rings. The molecule has 0 unspecified atom stereocenters. The van der Waals surface area contributed by atoms with E-state index in [-0.39, 0.29) is 17.0 Å². The van der Waals surface area contributed by atoms with Gasteiger partial charge in [-0.3, -0.25) is 4.79 Å². The molecule has 0 saturated heterocycles. The highest BCUT2D eigenvalue weighted by Gasteiger charge is 2.41. The lowest BCUT2D eigenvalue weighted by atomic mass is 10.1. The van der Waals surface area contributed by atoms with Crippen LogP contribution in [0.3, 0.4) is 0 Å². The van der Waals surface area contributed by atoms with Gasteiger partial charge in [-0.1, -0.05) is 23.7 Å². The number of rotatable bonds is 2. The lowest BCUT2D eigenvalue weighted by Crippen LogP contribution is -2.29. The second kappa shape index (κ2) is 4.75. The lowest BCUT2D eigenvalue weighted by Gasteiger charge is -2.15. The highest BCUT2D eigenvalue weighted by molar-refractivity contribution is 7.90. The van der Waals surface area contributed by atoms with E-state index in [9.17, 15) is 13.2 Å². The van der Waals surface area contributed by atoms with Gasteiger partial charge in [0.2, 0.25) is 0 Å². The molecule has 7 heteroatoms. The molecule has 0 radical (unpaired) electrons. The summed E-state index contributed by atoms with van der Waals surface area (Å²) in [5.41, 5.74) is 6.76. The molecular formula is C14H11ClN2O3S. The summed E-state index contributed by atoms with van der Waals surface area (Å²) in [7, 11) is -3.83. The van der Waals surface area contributed by atoms with Gasteiger partial charge in [-0.15, -0.1) is 0 Å². The molecule has 21 heavy (non-hydrogen) atoms. The number of nitrogens with zero attached hydrogens (tertiary/aromatic N) is 1. The Morgan fingerprint density at radius 2 is 1.76 bits per heavy atom. The zero-order valence-corrected chi connectivity index (χ0v) is 12.4. The predicted octanol–water partition coefficient (Wildman–Crippen LogP) is 2.27. The lowest BCUT2D eigenvalue weighted by molar-refractivity contribution is 0.0865. The number of hydrogen-bond donors (Lipinski definition) is 1. The molecule has 1 aliphatic heterocycles. The van der Waals surface area contributed by atoms with Crippen molar-refractivity contribution in [3.8, 4) is 0 Å². The van der Waals surface area contributed by atoms with E-state index in [4.69, 9.17) is 17.3 Å². The van der Waals surface area contributed by atoms with E-state index < -0.39 is 15.9 Å². The molecule has 0 aliphatic carbocycles. The first-order valence-electron chi connectivity index (χ1n) is 6.10. The van der Waals surface area contributed by atoms with Crippen LogP contribution in [0.1, 0.15) is 15.9 Å². The number of sulfonamides is 1. The predicted molar refractivity (Wildman–Crippen MR) is 79.4 cm³/mol. The van der Waals surface area contributed by atoms with Crippen LogP contribution in [0.25, 0.3) is 0 Å². The van der Waals surface area contributed by atoms with Crippen molar-refractivity contribution < 1.29 is 13.2 Å². The molecule has 0 spiro atoms. The standard InChI is InChI=1S/C14H11ClN2O3S/c15-10-3-1-9(2-4-10)8-17-14(18)12-7-11(16)5-6-13(12)21(17,19)20/h1-7H,8,16H2. The number of fused-ring (bicyclic) bond motifs is 1. The van der Waals surface area contributed by atoms with Crippen LogP contribution in [-0.2, 0) is 16.6 Å². The number of carbonyl (C=O) groups excluding carboxylic acids is 1. The second-order valence-electron chi connectivity index (χ2n) is 4.70. The minimum absolute atomic E-state index is 0.00402. The minimum atomic E-state index is -3.83. The number of benzene rings is 2. The fourth-order valence-corrected chi connectivity index (χ4v) is 3.88. The summed E-state index contributed by atoms with van der Waals surface area (Å²) in [6.07, 6.45) is 0. The summed E-state index contributed by atoms with van der Waals surface area (Å²) in [6.45, 7) is -0.0348. The van der Waals surface area contributed by atoms with Crippen LogP contribution in [0.4, 0.5) is 5.69 Å². The van der Waals surface area contributed by atoms with Gasteiger partial charge in [0.05, 0.1) is 12.1 Å². The maximum Gasteiger partial charge on any atom is 0.269 e. The van der Waals surface area contributed by atoms with Gasteiger partial charge in [-0.25, -0.2) is 12.7 Å². The molecule has 5 nitrogen and oxygen atoms in total. The third-order valence-corrected chi connectivity index (χ3v) is 5.31. The quantitative estimate of drug-likeness (QED) is 0.860. The Morgan fingerprint density at radius 3 is 2.43 bits per heavy atom. The van der Waals surface area contributed by atoms with Gasteiger partial charge in [0.1, 0.15) is 4.90 Å². The van der Waals surface area contributed by atoms with Crippen molar-refractivity contribution in [3.05, 3.63) is 58.6 Å². The topological polar surface area (TPSA) is 80.5 Å². The van der Waals surface area contributed by atoms with Crippen LogP contribution >= 0.6 is 11.6 Å². The van der Waals surface area contributed by atoms with Crippen LogP contribution in [0.15, 0.2) is 47.4 Å². The molecule has 2 aromatic carbocycles. The number of nitrogen functional groups attached to an aromatic ring is 1.